The Labute approximate surface area is 170 Å². The first-order chi connectivity index (χ1) is 13.7. The quantitative estimate of drug-likeness (QED) is 0.543. The van der Waals surface area contributed by atoms with E-state index in [0.29, 0.717) is 12.5 Å². The van der Waals surface area contributed by atoms with Gasteiger partial charge in [0.2, 0.25) is 5.90 Å². The van der Waals surface area contributed by atoms with Gasteiger partial charge in [0.15, 0.2) is 6.10 Å². The molecular formula is C24H23NO2S. The van der Waals surface area contributed by atoms with E-state index in [1.807, 2.05) is 24.3 Å². The fraction of sp³-hybridized carbons (Fsp3) is 0.208. The molecule has 0 spiro atoms. The molecule has 0 amide bonds. The Morgan fingerprint density at radius 2 is 1.64 bits per heavy atom. The minimum Gasteiger partial charge on any atom is -0.467 e. The van der Waals surface area contributed by atoms with Crippen LogP contribution in [0.5, 0.6) is 0 Å². The number of aliphatic imine (C=N–C) groups is 1. The van der Waals surface area contributed by atoms with Crippen LogP contribution >= 0.6 is 11.8 Å². The van der Waals surface area contributed by atoms with E-state index in [1.54, 1.807) is 18.9 Å². The molecule has 0 radical (unpaired) electrons. The minimum atomic E-state index is -0.131. The fourth-order valence-corrected chi connectivity index (χ4v) is 4.21. The molecule has 0 unspecified atom stereocenters. The largest absolute Gasteiger partial charge is 0.467 e. The predicted octanol–water partition coefficient (Wildman–Crippen LogP) is 5.68. The molecule has 3 aromatic carbocycles. The summed E-state index contributed by atoms with van der Waals surface area (Å²) < 4.78 is 11.8. The SMILES string of the molecule is COC[C@@H]1N=C(c2ccccc2Sc2ccc(C)cc2)O[C@H]1c1ccccc1. The average molecular weight is 390 g/mol. The highest BCUT2D eigenvalue weighted by Gasteiger charge is 2.33. The first kappa shape index (κ1) is 18.8. The number of hydrogen-bond acceptors (Lipinski definition) is 4. The average Bonchev–Trinajstić information content (AvgIpc) is 3.15. The van der Waals surface area contributed by atoms with Crippen LogP contribution in [0.2, 0.25) is 0 Å². The van der Waals surface area contributed by atoms with Gasteiger partial charge < -0.3 is 9.47 Å². The van der Waals surface area contributed by atoms with Gasteiger partial charge in [0.1, 0.15) is 6.04 Å². The van der Waals surface area contributed by atoms with Crippen LogP contribution in [-0.2, 0) is 9.47 Å². The lowest BCUT2D eigenvalue weighted by molar-refractivity contribution is 0.120. The summed E-state index contributed by atoms with van der Waals surface area (Å²) in [5.41, 5.74) is 3.40. The maximum Gasteiger partial charge on any atom is 0.218 e. The molecule has 1 aliphatic heterocycles. The van der Waals surface area contributed by atoms with Gasteiger partial charge in [0.05, 0.1) is 12.2 Å². The fourth-order valence-electron chi connectivity index (χ4n) is 3.27. The summed E-state index contributed by atoms with van der Waals surface area (Å²) in [6.45, 7) is 2.62. The standard InChI is InChI=1S/C24H23NO2S/c1-17-12-14-19(15-13-17)28-22-11-7-6-10-20(22)24-25-21(16-26-2)23(27-24)18-8-4-3-5-9-18/h3-15,21,23H,16H2,1-2H3/t21-,23-/m0/s1. The lowest BCUT2D eigenvalue weighted by Gasteiger charge is -2.17. The minimum absolute atomic E-state index is 0.0557. The number of methoxy groups -OCH3 is 1. The van der Waals surface area contributed by atoms with Crippen LogP contribution in [0.1, 0.15) is 22.8 Å². The van der Waals surface area contributed by atoms with Gasteiger partial charge in [0, 0.05) is 16.9 Å². The van der Waals surface area contributed by atoms with Gasteiger partial charge in [-0.2, -0.15) is 0 Å². The van der Waals surface area contributed by atoms with Crippen molar-refractivity contribution in [1.29, 1.82) is 0 Å². The third-order valence-corrected chi connectivity index (χ3v) is 5.79. The molecule has 0 N–H and O–H groups in total. The summed E-state index contributed by atoms with van der Waals surface area (Å²) in [5.74, 6) is 0.686. The van der Waals surface area contributed by atoms with Crippen LogP contribution in [0, 0.1) is 6.92 Å². The number of aryl methyl sites for hydroxylation is 1. The maximum absolute atomic E-state index is 6.35. The zero-order valence-corrected chi connectivity index (χ0v) is 16.9. The maximum atomic E-state index is 6.35. The summed E-state index contributed by atoms with van der Waals surface area (Å²) in [6.07, 6.45) is -0.131. The van der Waals surface area contributed by atoms with E-state index >= 15 is 0 Å². The third-order valence-electron chi connectivity index (χ3n) is 4.70. The van der Waals surface area contributed by atoms with E-state index in [0.717, 1.165) is 16.0 Å². The molecule has 0 bridgehead atoms. The molecule has 4 heteroatoms. The summed E-state index contributed by atoms with van der Waals surface area (Å²) in [5, 5.41) is 0. The zero-order chi connectivity index (χ0) is 19.3. The van der Waals surface area contributed by atoms with Crippen molar-refractivity contribution >= 4 is 17.7 Å². The van der Waals surface area contributed by atoms with E-state index in [9.17, 15) is 0 Å². The zero-order valence-electron chi connectivity index (χ0n) is 16.0. The van der Waals surface area contributed by atoms with E-state index in [-0.39, 0.29) is 12.1 Å². The lowest BCUT2D eigenvalue weighted by atomic mass is 10.0. The highest BCUT2D eigenvalue weighted by molar-refractivity contribution is 7.99. The number of nitrogens with zero attached hydrogens (tertiary/aromatic N) is 1. The van der Waals surface area contributed by atoms with Crippen molar-refractivity contribution < 1.29 is 9.47 Å². The predicted molar refractivity (Wildman–Crippen MR) is 114 cm³/mol. The lowest BCUT2D eigenvalue weighted by Crippen LogP contribution is -2.19. The van der Waals surface area contributed by atoms with Crippen LogP contribution in [0.15, 0.2) is 93.6 Å². The molecule has 28 heavy (non-hydrogen) atoms. The monoisotopic (exact) mass is 389 g/mol. The molecule has 1 heterocycles. The molecule has 142 valence electrons. The van der Waals surface area contributed by atoms with E-state index < -0.39 is 0 Å². The summed E-state index contributed by atoms with van der Waals surface area (Å²) in [7, 11) is 1.71. The molecular weight excluding hydrogens is 366 g/mol. The smallest absolute Gasteiger partial charge is 0.218 e. The van der Waals surface area contributed by atoms with Gasteiger partial charge in [0.25, 0.3) is 0 Å². The normalized spacial score (nSPS) is 18.6. The first-order valence-electron chi connectivity index (χ1n) is 9.37. The van der Waals surface area contributed by atoms with Gasteiger partial charge in [-0.15, -0.1) is 0 Å². The molecule has 0 saturated heterocycles. The van der Waals surface area contributed by atoms with E-state index in [2.05, 4.69) is 61.5 Å². The number of benzene rings is 3. The Morgan fingerprint density at radius 3 is 2.39 bits per heavy atom. The van der Waals surface area contributed by atoms with Crippen LogP contribution in [-0.4, -0.2) is 25.7 Å². The highest BCUT2D eigenvalue weighted by Crippen LogP contribution is 2.36. The molecule has 0 aromatic heterocycles. The van der Waals surface area contributed by atoms with Crippen molar-refractivity contribution in [3.05, 3.63) is 95.6 Å². The Kier molecular flexibility index (Phi) is 5.79. The second-order valence-corrected chi connectivity index (χ2v) is 7.93. The van der Waals surface area contributed by atoms with Crippen LogP contribution in [0.25, 0.3) is 0 Å². The second kappa shape index (κ2) is 8.63. The van der Waals surface area contributed by atoms with Gasteiger partial charge in [-0.05, 0) is 36.8 Å². The molecule has 0 saturated carbocycles. The van der Waals surface area contributed by atoms with Crippen LogP contribution in [0.4, 0.5) is 0 Å². The van der Waals surface area contributed by atoms with Gasteiger partial charge in [-0.1, -0.05) is 71.9 Å². The van der Waals surface area contributed by atoms with Crippen molar-refractivity contribution in [2.24, 2.45) is 4.99 Å². The van der Waals surface area contributed by atoms with Crippen molar-refractivity contribution in [2.75, 3.05) is 13.7 Å². The molecule has 2 atom stereocenters. The molecule has 0 fully saturated rings. The van der Waals surface area contributed by atoms with E-state index in [4.69, 9.17) is 14.5 Å². The van der Waals surface area contributed by atoms with Crippen molar-refractivity contribution in [1.82, 2.24) is 0 Å². The summed E-state index contributed by atoms with van der Waals surface area (Å²) in [4.78, 5) is 7.21. The summed E-state index contributed by atoms with van der Waals surface area (Å²) in [6, 6.07) is 27.0. The second-order valence-electron chi connectivity index (χ2n) is 6.82. The topological polar surface area (TPSA) is 30.8 Å². The van der Waals surface area contributed by atoms with Crippen molar-refractivity contribution in [3.63, 3.8) is 0 Å². The van der Waals surface area contributed by atoms with E-state index in [1.165, 1.54) is 10.5 Å². The first-order valence-corrected chi connectivity index (χ1v) is 10.2. The number of ether oxygens (including phenoxy) is 2. The number of hydrogen-bond donors (Lipinski definition) is 0. The molecule has 0 aliphatic carbocycles. The summed E-state index contributed by atoms with van der Waals surface area (Å²) >= 11 is 1.73. The Bertz CT molecular complexity index is 954. The molecule has 3 nitrogen and oxygen atoms in total. The van der Waals surface area contributed by atoms with Crippen LogP contribution in [0.3, 0.4) is 0 Å². The Balaban J connectivity index is 1.63. The van der Waals surface area contributed by atoms with Crippen LogP contribution < -0.4 is 0 Å². The third kappa shape index (κ3) is 4.13. The van der Waals surface area contributed by atoms with Gasteiger partial charge in [-0.3, -0.25) is 0 Å². The van der Waals surface area contributed by atoms with Gasteiger partial charge in [-0.25, -0.2) is 4.99 Å². The molecule has 3 aromatic rings. The molecule has 1 aliphatic rings. The highest BCUT2D eigenvalue weighted by atomic mass is 32.2. The Morgan fingerprint density at radius 1 is 0.929 bits per heavy atom. The van der Waals surface area contributed by atoms with Crippen molar-refractivity contribution in [3.8, 4) is 0 Å². The number of rotatable bonds is 6. The van der Waals surface area contributed by atoms with Crippen molar-refractivity contribution in [2.45, 2.75) is 28.9 Å². The van der Waals surface area contributed by atoms with Gasteiger partial charge >= 0.3 is 0 Å². The molecule has 4 rings (SSSR count). The Hall–Kier alpha value is -2.56.